The van der Waals surface area contributed by atoms with Crippen LogP contribution in [0, 0.1) is 13.8 Å². The first-order valence-electron chi connectivity index (χ1n) is 14.8. The Morgan fingerprint density at radius 3 is 2.48 bits per heavy atom. The molecule has 4 heterocycles. The average Bonchev–Trinajstić information content (AvgIpc) is 2.99. The van der Waals surface area contributed by atoms with E-state index in [9.17, 15) is 9.59 Å². The molecular weight excluding hydrogens is 526 g/mol. The quantitative estimate of drug-likeness (QED) is 0.374. The van der Waals surface area contributed by atoms with E-state index in [0.29, 0.717) is 30.2 Å². The van der Waals surface area contributed by atoms with Gasteiger partial charge < -0.3 is 20.0 Å². The second-order valence-electron chi connectivity index (χ2n) is 11.6. The van der Waals surface area contributed by atoms with Crippen molar-refractivity contribution in [2.75, 3.05) is 56.5 Å². The molecule has 0 aliphatic carbocycles. The Bertz CT molecular complexity index is 1680. The average molecular weight is 566 g/mol. The summed E-state index contributed by atoms with van der Waals surface area (Å²) in [6.07, 6.45) is 3.46. The first-order chi connectivity index (χ1) is 20.3. The van der Waals surface area contributed by atoms with Gasteiger partial charge in [-0.15, -0.1) is 0 Å². The molecule has 9 heteroatoms. The van der Waals surface area contributed by atoms with Crippen molar-refractivity contribution >= 4 is 34.3 Å². The summed E-state index contributed by atoms with van der Waals surface area (Å²) in [6, 6.07) is 16.0. The first kappa shape index (κ1) is 27.9. The Balaban J connectivity index is 1.40. The molecule has 218 valence electrons. The number of pyridine rings is 1. The zero-order valence-electron chi connectivity index (χ0n) is 24.9. The third kappa shape index (κ3) is 5.36. The standard InChI is InChI=1S/C33H39N7O2/c1-22-19-26(12-13-29(22)38-17-15-37(4)16-18-38)35-33-34-20-28-23(2)30(25-9-6-5-7-10-25)32(42)40(31(28)36-33)27-11-8-14-39(21-27)24(3)41/h5-7,9-10,12-13,19-20,27H,8,11,14-18,21H2,1-4H3,(H,34,35,36)/t27-/m0/s1. The maximum Gasteiger partial charge on any atom is 0.260 e. The van der Waals surface area contributed by atoms with E-state index >= 15 is 0 Å². The van der Waals surface area contributed by atoms with Crippen LogP contribution in [0.1, 0.15) is 36.9 Å². The summed E-state index contributed by atoms with van der Waals surface area (Å²) in [5.74, 6) is 0.466. The largest absolute Gasteiger partial charge is 0.369 e. The van der Waals surface area contributed by atoms with E-state index in [1.807, 2.05) is 52.9 Å². The van der Waals surface area contributed by atoms with Crippen LogP contribution < -0.4 is 15.8 Å². The summed E-state index contributed by atoms with van der Waals surface area (Å²) in [6.45, 7) is 11.0. The second kappa shape index (κ2) is 11.6. The number of carbonyl (C=O) groups is 1. The number of anilines is 3. The van der Waals surface area contributed by atoms with Crippen LogP contribution in [0.5, 0.6) is 0 Å². The van der Waals surface area contributed by atoms with Gasteiger partial charge in [-0.05, 0) is 68.6 Å². The number of benzene rings is 2. The second-order valence-corrected chi connectivity index (χ2v) is 11.6. The maximum absolute atomic E-state index is 14.3. The van der Waals surface area contributed by atoms with Gasteiger partial charge in [-0.1, -0.05) is 30.3 Å². The summed E-state index contributed by atoms with van der Waals surface area (Å²) >= 11 is 0. The molecule has 1 atom stereocenters. The van der Waals surface area contributed by atoms with Gasteiger partial charge >= 0.3 is 0 Å². The number of hydrogen-bond acceptors (Lipinski definition) is 7. The monoisotopic (exact) mass is 565 g/mol. The highest BCUT2D eigenvalue weighted by Gasteiger charge is 2.28. The fourth-order valence-corrected chi connectivity index (χ4v) is 6.39. The zero-order chi connectivity index (χ0) is 29.4. The van der Waals surface area contributed by atoms with E-state index in [-0.39, 0.29) is 17.5 Å². The molecule has 42 heavy (non-hydrogen) atoms. The molecule has 1 amide bonds. The molecule has 0 bridgehead atoms. The Labute approximate surface area is 246 Å². The molecule has 0 radical (unpaired) electrons. The molecule has 2 fully saturated rings. The van der Waals surface area contributed by atoms with Gasteiger partial charge in [0.05, 0.1) is 11.6 Å². The molecule has 0 spiro atoms. The van der Waals surface area contributed by atoms with Crippen LogP contribution >= 0.6 is 0 Å². The number of likely N-dealkylation sites (N-methyl/N-ethyl adjacent to an activating group) is 1. The molecule has 4 aromatic rings. The van der Waals surface area contributed by atoms with Crippen molar-refractivity contribution in [3.05, 3.63) is 76.2 Å². The lowest BCUT2D eigenvalue weighted by Crippen LogP contribution is -2.44. The number of nitrogens with one attached hydrogen (secondary N) is 1. The number of piperazine rings is 1. The number of likely N-dealkylation sites (tertiary alicyclic amines) is 1. The summed E-state index contributed by atoms with van der Waals surface area (Å²) < 4.78 is 1.81. The predicted molar refractivity (Wildman–Crippen MR) is 169 cm³/mol. The van der Waals surface area contributed by atoms with E-state index in [0.717, 1.165) is 61.2 Å². The van der Waals surface area contributed by atoms with Gasteiger partial charge in [0.25, 0.3) is 5.56 Å². The number of rotatable bonds is 5. The zero-order valence-corrected chi connectivity index (χ0v) is 24.9. The van der Waals surface area contributed by atoms with Crippen molar-refractivity contribution < 1.29 is 4.79 Å². The number of amides is 1. The van der Waals surface area contributed by atoms with Gasteiger partial charge in [0.1, 0.15) is 5.65 Å². The first-order valence-corrected chi connectivity index (χ1v) is 14.8. The van der Waals surface area contributed by atoms with Crippen LogP contribution in [0.4, 0.5) is 17.3 Å². The van der Waals surface area contributed by atoms with Crippen LogP contribution in [0.2, 0.25) is 0 Å². The van der Waals surface area contributed by atoms with E-state index in [2.05, 4.69) is 52.3 Å². The molecule has 0 unspecified atom stereocenters. The van der Waals surface area contributed by atoms with Gasteiger partial charge in [0, 0.05) is 69.2 Å². The maximum atomic E-state index is 14.3. The van der Waals surface area contributed by atoms with Crippen molar-refractivity contribution in [2.24, 2.45) is 0 Å². The molecule has 2 saturated heterocycles. The van der Waals surface area contributed by atoms with Crippen molar-refractivity contribution in [1.82, 2.24) is 24.3 Å². The summed E-state index contributed by atoms with van der Waals surface area (Å²) in [7, 11) is 2.16. The van der Waals surface area contributed by atoms with E-state index < -0.39 is 0 Å². The number of carbonyl (C=O) groups excluding carboxylic acids is 1. The van der Waals surface area contributed by atoms with E-state index in [1.165, 1.54) is 11.3 Å². The number of fused-ring (bicyclic) bond motifs is 1. The number of aromatic nitrogens is 3. The fraction of sp³-hybridized carbons (Fsp3) is 0.394. The molecule has 9 nitrogen and oxygen atoms in total. The van der Waals surface area contributed by atoms with E-state index in [4.69, 9.17) is 4.98 Å². The minimum atomic E-state index is -0.173. The molecule has 1 N–H and O–H groups in total. The molecule has 0 saturated carbocycles. The van der Waals surface area contributed by atoms with Crippen LogP contribution in [-0.4, -0.2) is 76.6 Å². The third-order valence-corrected chi connectivity index (χ3v) is 8.77. The van der Waals surface area contributed by atoms with Crippen LogP contribution in [0.15, 0.2) is 59.5 Å². The Hall–Kier alpha value is -4.24. The van der Waals surface area contributed by atoms with Gasteiger partial charge in [-0.2, -0.15) is 4.98 Å². The molecule has 2 aliphatic heterocycles. The SMILES string of the molecule is CC(=O)N1CCC[C@H](n2c(=O)c(-c3ccccc3)c(C)c3cnc(Nc4ccc(N5CCN(C)CC5)c(C)c4)nc32)C1. The highest BCUT2D eigenvalue weighted by Crippen LogP contribution is 2.31. The number of hydrogen-bond donors (Lipinski definition) is 1. The molecular formula is C33H39N7O2. The summed E-state index contributed by atoms with van der Waals surface area (Å²) in [5, 5.41) is 4.22. The van der Waals surface area contributed by atoms with Gasteiger partial charge in [0.15, 0.2) is 0 Å². The van der Waals surface area contributed by atoms with Crippen molar-refractivity contribution in [3.63, 3.8) is 0 Å². The van der Waals surface area contributed by atoms with Crippen LogP contribution in [0.25, 0.3) is 22.2 Å². The summed E-state index contributed by atoms with van der Waals surface area (Å²) in [4.78, 5) is 42.8. The molecule has 6 rings (SSSR count). The lowest BCUT2D eigenvalue weighted by Gasteiger charge is -2.35. The van der Waals surface area contributed by atoms with E-state index in [1.54, 1.807) is 6.92 Å². The number of aryl methyl sites for hydroxylation is 2. The number of piperidine rings is 1. The lowest BCUT2D eigenvalue weighted by atomic mass is 9.98. The Kier molecular flexibility index (Phi) is 7.68. The topological polar surface area (TPSA) is 86.6 Å². The minimum absolute atomic E-state index is 0.0276. The Morgan fingerprint density at radius 2 is 1.76 bits per heavy atom. The smallest absolute Gasteiger partial charge is 0.260 e. The summed E-state index contributed by atoms with van der Waals surface area (Å²) in [5.41, 5.74) is 6.23. The van der Waals surface area contributed by atoms with Gasteiger partial charge in [-0.25, -0.2) is 4.98 Å². The van der Waals surface area contributed by atoms with Crippen molar-refractivity contribution in [3.8, 4) is 11.1 Å². The fourth-order valence-electron chi connectivity index (χ4n) is 6.39. The normalized spacial score (nSPS) is 18.0. The minimum Gasteiger partial charge on any atom is -0.369 e. The van der Waals surface area contributed by atoms with Gasteiger partial charge in [-0.3, -0.25) is 14.2 Å². The highest BCUT2D eigenvalue weighted by atomic mass is 16.2. The predicted octanol–water partition coefficient (Wildman–Crippen LogP) is 4.75. The molecule has 2 aliphatic rings. The third-order valence-electron chi connectivity index (χ3n) is 8.77. The van der Waals surface area contributed by atoms with Crippen LogP contribution in [-0.2, 0) is 4.79 Å². The Morgan fingerprint density at radius 1 is 1.00 bits per heavy atom. The molecule has 2 aromatic carbocycles. The van der Waals surface area contributed by atoms with Gasteiger partial charge in [0.2, 0.25) is 11.9 Å². The van der Waals surface area contributed by atoms with Crippen molar-refractivity contribution in [2.45, 2.75) is 39.7 Å². The number of nitrogens with zero attached hydrogens (tertiary/aromatic N) is 6. The van der Waals surface area contributed by atoms with Crippen LogP contribution in [0.3, 0.4) is 0 Å². The lowest BCUT2D eigenvalue weighted by molar-refractivity contribution is -0.130. The highest BCUT2D eigenvalue weighted by molar-refractivity contribution is 5.87. The molecule has 2 aromatic heterocycles. The van der Waals surface area contributed by atoms with Crippen molar-refractivity contribution in [1.29, 1.82) is 0 Å².